The van der Waals surface area contributed by atoms with Crippen LogP contribution in [0.15, 0.2) is 12.1 Å². The summed E-state index contributed by atoms with van der Waals surface area (Å²) in [6, 6.07) is 1.81. The summed E-state index contributed by atoms with van der Waals surface area (Å²) in [5, 5.41) is 9.44. The van der Waals surface area contributed by atoms with E-state index in [0.717, 1.165) is 0 Å². The van der Waals surface area contributed by atoms with Crippen LogP contribution < -0.4 is 4.90 Å². The van der Waals surface area contributed by atoms with Crippen LogP contribution in [0.3, 0.4) is 0 Å². The molecule has 0 aliphatic rings. The molecule has 0 atom stereocenters. The molecule has 0 saturated heterocycles. The molecular formula is C10H10F3NO2. The van der Waals surface area contributed by atoms with E-state index in [4.69, 9.17) is 0 Å². The minimum atomic E-state index is -4.69. The molecule has 3 nitrogen and oxygen atoms in total. The maximum atomic E-state index is 12.5. The fourth-order valence-corrected chi connectivity index (χ4v) is 1.27. The molecule has 1 rings (SSSR count). The molecule has 0 aliphatic heterocycles. The maximum Gasteiger partial charge on any atom is 0.420 e. The summed E-state index contributed by atoms with van der Waals surface area (Å²) in [4.78, 5) is 11.8. The van der Waals surface area contributed by atoms with Crippen LogP contribution in [0.1, 0.15) is 15.9 Å². The number of hydrogen-bond acceptors (Lipinski definition) is 3. The molecule has 0 radical (unpaired) electrons. The lowest BCUT2D eigenvalue weighted by molar-refractivity contribution is -0.138. The van der Waals surface area contributed by atoms with Gasteiger partial charge in [-0.05, 0) is 12.1 Å². The molecule has 0 aromatic heterocycles. The summed E-state index contributed by atoms with van der Waals surface area (Å²) < 4.78 is 37.5. The molecule has 1 N–H and O–H groups in total. The fourth-order valence-electron chi connectivity index (χ4n) is 1.27. The Kier molecular flexibility index (Phi) is 3.11. The molecule has 0 unspecified atom stereocenters. The van der Waals surface area contributed by atoms with Gasteiger partial charge < -0.3 is 10.0 Å². The van der Waals surface area contributed by atoms with Crippen molar-refractivity contribution < 1.29 is 23.1 Å². The van der Waals surface area contributed by atoms with Crippen molar-refractivity contribution in [3.05, 3.63) is 23.3 Å². The smallest absolute Gasteiger partial charge is 0.420 e. The van der Waals surface area contributed by atoms with Crippen LogP contribution in [-0.2, 0) is 6.18 Å². The number of hydrogen-bond donors (Lipinski definition) is 1. The second-order valence-corrected chi connectivity index (χ2v) is 3.45. The minimum absolute atomic E-state index is 0.0445. The summed E-state index contributed by atoms with van der Waals surface area (Å²) in [6.45, 7) is 0. The predicted molar refractivity (Wildman–Crippen MR) is 52.8 cm³/mol. The van der Waals surface area contributed by atoms with E-state index in [1.54, 1.807) is 0 Å². The number of nitrogens with zero attached hydrogens (tertiary/aromatic N) is 1. The molecule has 88 valence electrons. The molecule has 6 heteroatoms. The van der Waals surface area contributed by atoms with Crippen LogP contribution in [0.2, 0.25) is 0 Å². The standard InChI is InChI=1S/C10H10F3NO2/c1-14(2)8-4-6(5-15)3-7(9(8)16)10(11,12)13/h3-5,16H,1-2H3. The Labute approximate surface area is 90.1 Å². The van der Waals surface area contributed by atoms with Gasteiger partial charge in [-0.3, -0.25) is 4.79 Å². The van der Waals surface area contributed by atoms with Crippen LogP contribution in [0.5, 0.6) is 5.75 Å². The highest BCUT2D eigenvalue weighted by Crippen LogP contribution is 2.41. The van der Waals surface area contributed by atoms with Crippen molar-refractivity contribution >= 4 is 12.0 Å². The highest BCUT2D eigenvalue weighted by Gasteiger charge is 2.35. The van der Waals surface area contributed by atoms with Crippen LogP contribution in [-0.4, -0.2) is 25.5 Å². The van der Waals surface area contributed by atoms with Crippen LogP contribution in [0, 0.1) is 0 Å². The first-order valence-corrected chi connectivity index (χ1v) is 4.34. The zero-order valence-corrected chi connectivity index (χ0v) is 8.67. The summed E-state index contributed by atoms with van der Waals surface area (Å²) >= 11 is 0. The highest BCUT2D eigenvalue weighted by atomic mass is 19.4. The monoisotopic (exact) mass is 233 g/mol. The van der Waals surface area contributed by atoms with E-state index in [-0.39, 0.29) is 11.3 Å². The largest absolute Gasteiger partial charge is 0.505 e. The molecule has 16 heavy (non-hydrogen) atoms. The predicted octanol–water partition coefficient (Wildman–Crippen LogP) is 2.29. The molecule has 0 saturated carbocycles. The van der Waals surface area contributed by atoms with Crippen molar-refractivity contribution in [1.29, 1.82) is 0 Å². The SMILES string of the molecule is CN(C)c1cc(C=O)cc(C(F)(F)F)c1O. The number of alkyl halides is 3. The number of anilines is 1. The molecule has 0 fully saturated rings. The molecular weight excluding hydrogens is 223 g/mol. The normalized spacial score (nSPS) is 11.3. The maximum absolute atomic E-state index is 12.5. The van der Waals surface area contributed by atoms with Gasteiger partial charge in [0.15, 0.2) is 5.75 Å². The summed E-state index contributed by atoms with van der Waals surface area (Å²) in [5.41, 5.74) is -1.38. The van der Waals surface area contributed by atoms with Crippen LogP contribution in [0.4, 0.5) is 18.9 Å². The quantitative estimate of drug-likeness (QED) is 0.797. The number of carbonyl (C=O) groups is 1. The van der Waals surface area contributed by atoms with E-state index in [9.17, 15) is 23.1 Å². The van der Waals surface area contributed by atoms with E-state index in [1.165, 1.54) is 25.1 Å². The third kappa shape index (κ3) is 2.26. The van der Waals surface area contributed by atoms with Crippen molar-refractivity contribution in [2.24, 2.45) is 0 Å². The second-order valence-electron chi connectivity index (χ2n) is 3.45. The third-order valence-electron chi connectivity index (χ3n) is 2.04. The van der Waals surface area contributed by atoms with Crippen molar-refractivity contribution in [2.75, 3.05) is 19.0 Å². The molecule has 0 bridgehead atoms. The number of rotatable bonds is 2. The first kappa shape index (κ1) is 12.4. The zero-order chi connectivity index (χ0) is 12.5. The van der Waals surface area contributed by atoms with E-state index >= 15 is 0 Å². The number of phenolic OH excluding ortho intramolecular Hbond substituents is 1. The Bertz CT molecular complexity index is 413. The third-order valence-corrected chi connectivity index (χ3v) is 2.04. The molecule has 1 aromatic rings. The lowest BCUT2D eigenvalue weighted by atomic mass is 10.1. The Morgan fingerprint density at radius 3 is 2.25 bits per heavy atom. The van der Waals surface area contributed by atoms with Gasteiger partial charge in [0.25, 0.3) is 0 Å². The highest BCUT2D eigenvalue weighted by molar-refractivity contribution is 5.80. The number of halogens is 3. The van der Waals surface area contributed by atoms with Gasteiger partial charge in [0, 0.05) is 19.7 Å². The van der Waals surface area contributed by atoms with E-state index in [1.807, 2.05) is 0 Å². The van der Waals surface area contributed by atoms with Crippen LogP contribution >= 0.6 is 0 Å². The van der Waals surface area contributed by atoms with Gasteiger partial charge in [-0.1, -0.05) is 0 Å². The van der Waals surface area contributed by atoms with Gasteiger partial charge >= 0.3 is 6.18 Å². The van der Waals surface area contributed by atoms with Gasteiger partial charge in [-0.25, -0.2) is 0 Å². The van der Waals surface area contributed by atoms with Gasteiger partial charge in [-0.2, -0.15) is 13.2 Å². The number of carbonyl (C=O) groups excluding carboxylic acids is 1. The number of aromatic hydroxyl groups is 1. The van der Waals surface area contributed by atoms with E-state index in [0.29, 0.717) is 12.4 Å². The Morgan fingerprint density at radius 1 is 1.31 bits per heavy atom. The van der Waals surface area contributed by atoms with Crippen molar-refractivity contribution in [3.63, 3.8) is 0 Å². The number of aldehydes is 1. The Morgan fingerprint density at radius 2 is 1.88 bits per heavy atom. The molecule has 0 heterocycles. The van der Waals surface area contributed by atoms with Crippen molar-refractivity contribution in [1.82, 2.24) is 0 Å². The summed E-state index contributed by atoms with van der Waals surface area (Å²) in [5.74, 6) is -0.872. The lowest BCUT2D eigenvalue weighted by Crippen LogP contribution is -2.13. The van der Waals surface area contributed by atoms with Crippen LogP contribution in [0.25, 0.3) is 0 Å². The van der Waals surface area contributed by atoms with Gasteiger partial charge in [-0.15, -0.1) is 0 Å². The molecule has 1 aromatic carbocycles. The average Bonchev–Trinajstić information content (AvgIpc) is 2.15. The van der Waals surface area contributed by atoms with Gasteiger partial charge in [0.2, 0.25) is 0 Å². The van der Waals surface area contributed by atoms with Gasteiger partial charge in [0.05, 0.1) is 5.69 Å². The fraction of sp³-hybridized carbons (Fsp3) is 0.300. The summed E-state index contributed by atoms with van der Waals surface area (Å²) in [6.07, 6.45) is -4.38. The van der Waals surface area contributed by atoms with Crippen molar-refractivity contribution in [2.45, 2.75) is 6.18 Å². The second kappa shape index (κ2) is 4.03. The first-order chi connectivity index (χ1) is 7.27. The molecule has 0 aliphatic carbocycles. The Hall–Kier alpha value is -1.72. The van der Waals surface area contributed by atoms with E-state index in [2.05, 4.69) is 0 Å². The molecule has 0 spiro atoms. The first-order valence-electron chi connectivity index (χ1n) is 4.34. The van der Waals surface area contributed by atoms with Crippen molar-refractivity contribution in [3.8, 4) is 5.75 Å². The average molecular weight is 233 g/mol. The van der Waals surface area contributed by atoms with Gasteiger partial charge in [0.1, 0.15) is 11.8 Å². The number of phenols is 1. The number of benzene rings is 1. The van der Waals surface area contributed by atoms with E-state index < -0.39 is 17.5 Å². The topological polar surface area (TPSA) is 40.5 Å². The Balaban J connectivity index is 3.49. The minimum Gasteiger partial charge on any atom is -0.505 e. The zero-order valence-electron chi connectivity index (χ0n) is 8.67. The summed E-state index contributed by atoms with van der Waals surface area (Å²) in [7, 11) is 2.95. The molecule has 0 amide bonds. The lowest BCUT2D eigenvalue weighted by Gasteiger charge is -2.18.